The van der Waals surface area contributed by atoms with Gasteiger partial charge < -0.3 is 10.1 Å². The zero-order valence-electron chi connectivity index (χ0n) is 10.7. The SMILES string of the molecule is CC(C)COCCNCc1ccc(CCl)cc1. The molecule has 96 valence electrons. The van der Waals surface area contributed by atoms with E-state index < -0.39 is 0 Å². The maximum Gasteiger partial charge on any atom is 0.0591 e. The van der Waals surface area contributed by atoms with Crippen molar-refractivity contribution in [2.45, 2.75) is 26.3 Å². The molecule has 0 bridgehead atoms. The average molecular weight is 256 g/mol. The average Bonchev–Trinajstić information content (AvgIpc) is 2.34. The molecule has 0 saturated heterocycles. The molecule has 0 saturated carbocycles. The highest BCUT2D eigenvalue weighted by Crippen LogP contribution is 2.06. The van der Waals surface area contributed by atoms with Crippen molar-refractivity contribution in [3.8, 4) is 0 Å². The molecule has 0 aromatic heterocycles. The lowest BCUT2D eigenvalue weighted by atomic mass is 10.1. The van der Waals surface area contributed by atoms with Gasteiger partial charge in [0.2, 0.25) is 0 Å². The van der Waals surface area contributed by atoms with Crippen LogP contribution >= 0.6 is 11.6 Å². The number of alkyl halides is 1. The maximum absolute atomic E-state index is 5.73. The van der Waals surface area contributed by atoms with Crippen LogP contribution in [0.1, 0.15) is 25.0 Å². The van der Waals surface area contributed by atoms with Crippen LogP contribution in [0.4, 0.5) is 0 Å². The summed E-state index contributed by atoms with van der Waals surface area (Å²) in [5.74, 6) is 1.19. The first-order valence-corrected chi connectivity index (χ1v) is 6.68. The molecule has 1 aromatic carbocycles. The van der Waals surface area contributed by atoms with Gasteiger partial charge in [-0.25, -0.2) is 0 Å². The highest BCUT2D eigenvalue weighted by atomic mass is 35.5. The van der Waals surface area contributed by atoms with Gasteiger partial charge in [-0.2, -0.15) is 0 Å². The number of halogens is 1. The number of hydrogen-bond acceptors (Lipinski definition) is 2. The summed E-state index contributed by atoms with van der Waals surface area (Å²) < 4.78 is 5.49. The van der Waals surface area contributed by atoms with Gasteiger partial charge in [0.1, 0.15) is 0 Å². The van der Waals surface area contributed by atoms with Crippen LogP contribution in [0.3, 0.4) is 0 Å². The minimum absolute atomic E-state index is 0.580. The number of rotatable bonds is 8. The smallest absolute Gasteiger partial charge is 0.0591 e. The van der Waals surface area contributed by atoms with Crippen LogP contribution in [0.25, 0.3) is 0 Å². The Kier molecular flexibility index (Phi) is 7.25. The van der Waals surface area contributed by atoms with Crippen molar-refractivity contribution in [1.29, 1.82) is 0 Å². The van der Waals surface area contributed by atoms with E-state index in [1.165, 1.54) is 5.56 Å². The lowest BCUT2D eigenvalue weighted by Crippen LogP contribution is -2.20. The summed E-state index contributed by atoms with van der Waals surface area (Å²) in [5, 5.41) is 3.35. The fourth-order valence-electron chi connectivity index (χ4n) is 1.44. The Morgan fingerprint density at radius 3 is 2.41 bits per heavy atom. The molecule has 0 unspecified atom stereocenters. The molecule has 3 heteroatoms. The van der Waals surface area contributed by atoms with E-state index in [1.54, 1.807) is 0 Å². The first-order chi connectivity index (χ1) is 8.22. The van der Waals surface area contributed by atoms with Crippen molar-refractivity contribution in [2.75, 3.05) is 19.8 Å². The molecule has 0 amide bonds. The summed E-state index contributed by atoms with van der Waals surface area (Å²) in [6, 6.07) is 8.36. The second kappa shape index (κ2) is 8.51. The van der Waals surface area contributed by atoms with E-state index in [0.717, 1.165) is 31.9 Å². The number of hydrogen-bond donors (Lipinski definition) is 1. The Labute approximate surface area is 109 Å². The van der Waals surface area contributed by atoms with Crippen LogP contribution in [-0.4, -0.2) is 19.8 Å². The van der Waals surface area contributed by atoms with Gasteiger partial charge in [-0.05, 0) is 17.0 Å². The van der Waals surface area contributed by atoms with E-state index in [2.05, 4.69) is 43.4 Å². The molecule has 0 radical (unpaired) electrons. The van der Waals surface area contributed by atoms with Gasteiger partial charge in [-0.1, -0.05) is 38.1 Å². The standard InChI is InChI=1S/C14H22ClNO/c1-12(2)11-17-8-7-16-10-14-5-3-13(9-15)4-6-14/h3-6,12,16H,7-11H2,1-2H3. The van der Waals surface area contributed by atoms with E-state index in [0.29, 0.717) is 11.8 Å². The first kappa shape index (κ1) is 14.5. The third kappa shape index (κ3) is 6.67. The second-order valence-corrected chi connectivity index (χ2v) is 4.86. The molecule has 1 N–H and O–H groups in total. The van der Waals surface area contributed by atoms with Gasteiger partial charge in [-0.3, -0.25) is 0 Å². The van der Waals surface area contributed by atoms with Crippen molar-refractivity contribution in [1.82, 2.24) is 5.32 Å². The summed E-state index contributed by atoms with van der Waals surface area (Å²) >= 11 is 5.73. The Morgan fingerprint density at radius 1 is 1.18 bits per heavy atom. The van der Waals surface area contributed by atoms with E-state index in [1.807, 2.05) is 0 Å². The topological polar surface area (TPSA) is 21.3 Å². The lowest BCUT2D eigenvalue weighted by molar-refractivity contribution is 0.111. The molecule has 0 aliphatic rings. The molecule has 1 rings (SSSR count). The molecule has 0 fully saturated rings. The summed E-state index contributed by atoms with van der Waals surface area (Å²) in [4.78, 5) is 0. The van der Waals surface area contributed by atoms with E-state index in [-0.39, 0.29) is 0 Å². The zero-order chi connectivity index (χ0) is 12.5. The molecule has 0 spiro atoms. The summed E-state index contributed by atoms with van der Waals surface area (Å²) in [6.45, 7) is 7.71. The van der Waals surface area contributed by atoms with Crippen LogP contribution in [0.2, 0.25) is 0 Å². The minimum atomic E-state index is 0.580. The third-order valence-corrected chi connectivity index (χ3v) is 2.69. The second-order valence-electron chi connectivity index (χ2n) is 4.60. The highest BCUT2D eigenvalue weighted by Gasteiger charge is 1.95. The highest BCUT2D eigenvalue weighted by molar-refractivity contribution is 6.17. The van der Waals surface area contributed by atoms with Crippen molar-refractivity contribution in [2.24, 2.45) is 5.92 Å². The molecule has 0 aliphatic heterocycles. The van der Waals surface area contributed by atoms with Crippen molar-refractivity contribution in [3.63, 3.8) is 0 Å². The molecular weight excluding hydrogens is 234 g/mol. The Balaban J connectivity index is 2.09. The van der Waals surface area contributed by atoms with Crippen LogP contribution < -0.4 is 5.32 Å². The minimum Gasteiger partial charge on any atom is -0.380 e. The van der Waals surface area contributed by atoms with Crippen molar-refractivity contribution in [3.05, 3.63) is 35.4 Å². The number of benzene rings is 1. The Bertz CT molecular complexity index is 298. The van der Waals surface area contributed by atoms with Gasteiger partial charge >= 0.3 is 0 Å². The van der Waals surface area contributed by atoms with Crippen molar-refractivity contribution < 1.29 is 4.74 Å². The molecule has 0 aliphatic carbocycles. The normalized spacial score (nSPS) is 11.1. The van der Waals surface area contributed by atoms with E-state index in [4.69, 9.17) is 16.3 Å². The van der Waals surface area contributed by atoms with Crippen LogP contribution in [-0.2, 0) is 17.2 Å². The van der Waals surface area contributed by atoms with Gasteiger partial charge in [0.25, 0.3) is 0 Å². The van der Waals surface area contributed by atoms with Crippen LogP contribution in [0.15, 0.2) is 24.3 Å². The number of nitrogens with one attached hydrogen (secondary N) is 1. The fourth-order valence-corrected chi connectivity index (χ4v) is 1.62. The van der Waals surface area contributed by atoms with Gasteiger partial charge in [0.05, 0.1) is 6.61 Å². The molecule has 0 heterocycles. The summed E-state index contributed by atoms with van der Waals surface area (Å²) in [5.41, 5.74) is 2.44. The monoisotopic (exact) mass is 255 g/mol. The number of ether oxygens (including phenoxy) is 1. The van der Waals surface area contributed by atoms with Crippen molar-refractivity contribution >= 4 is 11.6 Å². The van der Waals surface area contributed by atoms with Gasteiger partial charge in [0, 0.05) is 25.6 Å². The Hall–Kier alpha value is -0.570. The van der Waals surface area contributed by atoms with Gasteiger partial charge in [0.15, 0.2) is 0 Å². The third-order valence-electron chi connectivity index (χ3n) is 2.38. The largest absolute Gasteiger partial charge is 0.380 e. The molecular formula is C14H22ClNO. The first-order valence-electron chi connectivity index (χ1n) is 6.14. The van der Waals surface area contributed by atoms with E-state index in [9.17, 15) is 0 Å². The summed E-state index contributed by atoms with van der Waals surface area (Å²) in [7, 11) is 0. The van der Waals surface area contributed by atoms with Crippen LogP contribution in [0.5, 0.6) is 0 Å². The molecule has 0 atom stereocenters. The molecule has 2 nitrogen and oxygen atoms in total. The van der Waals surface area contributed by atoms with E-state index >= 15 is 0 Å². The molecule has 1 aromatic rings. The zero-order valence-corrected chi connectivity index (χ0v) is 11.5. The van der Waals surface area contributed by atoms with Crippen LogP contribution in [0, 0.1) is 5.92 Å². The quantitative estimate of drug-likeness (QED) is 0.569. The molecule has 17 heavy (non-hydrogen) atoms. The maximum atomic E-state index is 5.73. The fraction of sp³-hybridized carbons (Fsp3) is 0.571. The summed E-state index contributed by atoms with van der Waals surface area (Å²) in [6.07, 6.45) is 0. The Morgan fingerprint density at radius 2 is 1.82 bits per heavy atom. The predicted octanol–water partition coefficient (Wildman–Crippen LogP) is 3.19. The van der Waals surface area contributed by atoms with Gasteiger partial charge in [-0.15, -0.1) is 11.6 Å². The lowest BCUT2D eigenvalue weighted by Gasteiger charge is -2.08. The predicted molar refractivity (Wildman–Crippen MR) is 73.4 cm³/mol.